The van der Waals surface area contributed by atoms with Crippen molar-refractivity contribution in [3.05, 3.63) is 70.8 Å². The van der Waals surface area contributed by atoms with Gasteiger partial charge in [0, 0.05) is 11.1 Å². The summed E-state index contributed by atoms with van der Waals surface area (Å²) in [5, 5.41) is 12.0. The fraction of sp³-hybridized carbons (Fsp3) is 0.286. The fourth-order valence-electron chi connectivity index (χ4n) is 2.67. The molecule has 0 aliphatic heterocycles. The molecule has 6 heteroatoms. The number of carbonyl (C=O) groups excluding carboxylic acids is 2. The van der Waals surface area contributed by atoms with Gasteiger partial charge in [-0.15, -0.1) is 0 Å². The van der Waals surface area contributed by atoms with Crippen LogP contribution in [0.2, 0.25) is 0 Å². The van der Waals surface area contributed by atoms with Crippen LogP contribution in [0.5, 0.6) is 0 Å². The molecule has 2 aromatic rings. The minimum atomic E-state index is -1.01. The van der Waals surface area contributed by atoms with Crippen LogP contribution in [0.3, 0.4) is 0 Å². The average Bonchev–Trinajstić information content (AvgIpc) is 2.60. The number of carboxylic acid groups (broad SMARTS) is 1. The van der Waals surface area contributed by atoms with E-state index in [9.17, 15) is 19.5 Å². The van der Waals surface area contributed by atoms with Crippen molar-refractivity contribution in [3.63, 3.8) is 0 Å². The zero-order valence-electron chi connectivity index (χ0n) is 15.7. The molecule has 0 aliphatic rings. The summed E-state index contributed by atoms with van der Waals surface area (Å²) < 4.78 is 0. The minimum absolute atomic E-state index is 0.0216. The lowest BCUT2D eigenvalue weighted by Gasteiger charge is -2.22. The van der Waals surface area contributed by atoms with Crippen LogP contribution in [0.25, 0.3) is 0 Å². The molecule has 0 spiro atoms. The molecule has 1 atom stereocenters. The first-order valence-electron chi connectivity index (χ1n) is 8.61. The summed E-state index contributed by atoms with van der Waals surface area (Å²) in [6.45, 7) is 6.27. The normalized spacial score (nSPS) is 12.3. The lowest BCUT2D eigenvalue weighted by Crippen LogP contribution is -2.30. The maximum absolute atomic E-state index is 12.5. The Hall–Kier alpha value is -3.15. The van der Waals surface area contributed by atoms with E-state index in [1.54, 1.807) is 0 Å². The number of nitrogens with two attached hydrogens (primary N) is 1. The standard InChI is InChI=1S/C21H24N2O4/c1-21(2,3)16-10-8-13(9-11-16)17(12-18(24)25)23-20(27)15-6-4-14(5-7-15)19(22)26/h4-11,17H,12H2,1-3H3,(H2,22,26)(H,23,27)(H,24,25). The summed E-state index contributed by atoms with van der Waals surface area (Å²) >= 11 is 0. The second-order valence-electron chi connectivity index (χ2n) is 7.44. The first-order valence-corrected chi connectivity index (χ1v) is 8.61. The largest absolute Gasteiger partial charge is 0.481 e. The van der Waals surface area contributed by atoms with Gasteiger partial charge in [0.2, 0.25) is 5.91 Å². The highest BCUT2D eigenvalue weighted by atomic mass is 16.4. The second kappa shape index (κ2) is 8.03. The number of carbonyl (C=O) groups is 3. The fourth-order valence-corrected chi connectivity index (χ4v) is 2.67. The van der Waals surface area contributed by atoms with Crippen molar-refractivity contribution in [2.45, 2.75) is 38.6 Å². The van der Waals surface area contributed by atoms with Crippen molar-refractivity contribution in [1.29, 1.82) is 0 Å². The number of nitrogens with one attached hydrogen (secondary N) is 1. The van der Waals surface area contributed by atoms with Crippen LogP contribution in [-0.4, -0.2) is 22.9 Å². The number of hydrogen-bond acceptors (Lipinski definition) is 3. The molecule has 0 aliphatic carbocycles. The third kappa shape index (κ3) is 5.41. The van der Waals surface area contributed by atoms with Crippen LogP contribution >= 0.6 is 0 Å². The third-order valence-electron chi connectivity index (χ3n) is 4.29. The smallest absolute Gasteiger partial charge is 0.305 e. The monoisotopic (exact) mass is 368 g/mol. The van der Waals surface area contributed by atoms with Gasteiger partial charge < -0.3 is 16.2 Å². The molecule has 0 bridgehead atoms. The summed E-state index contributed by atoms with van der Waals surface area (Å²) in [5.74, 6) is -2.01. The zero-order valence-corrected chi connectivity index (χ0v) is 15.7. The number of hydrogen-bond donors (Lipinski definition) is 3. The highest BCUT2D eigenvalue weighted by Gasteiger charge is 2.20. The molecule has 2 rings (SSSR count). The van der Waals surface area contributed by atoms with Gasteiger partial charge in [0.1, 0.15) is 0 Å². The summed E-state index contributed by atoms with van der Waals surface area (Å²) in [6.07, 6.45) is -0.236. The average molecular weight is 368 g/mol. The number of carboxylic acids is 1. The van der Waals surface area contributed by atoms with Crippen molar-refractivity contribution in [1.82, 2.24) is 5.32 Å². The molecule has 4 N–H and O–H groups in total. The van der Waals surface area contributed by atoms with E-state index in [-0.39, 0.29) is 11.8 Å². The van der Waals surface area contributed by atoms with Gasteiger partial charge in [0.05, 0.1) is 12.5 Å². The van der Waals surface area contributed by atoms with Crippen molar-refractivity contribution in [3.8, 4) is 0 Å². The minimum Gasteiger partial charge on any atom is -0.481 e. The molecular formula is C21H24N2O4. The summed E-state index contributed by atoms with van der Waals surface area (Å²) in [6, 6.07) is 12.8. The van der Waals surface area contributed by atoms with Gasteiger partial charge in [-0.1, -0.05) is 45.0 Å². The molecule has 0 saturated carbocycles. The third-order valence-corrected chi connectivity index (χ3v) is 4.29. The van der Waals surface area contributed by atoms with Gasteiger partial charge in [0.15, 0.2) is 0 Å². The Morgan fingerprint density at radius 1 is 0.963 bits per heavy atom. The number of amides is 2. The Labute approximate surface area is 158 Å². The molecule has 0 aromatic heterocycles. The van der Waals surface area contributed by atoms with Crippen LogP contribution in [0.1, 0.15) is 65.1 Å². The lowest BCUT2D eigenvalue weighted by molar-refractivity contribution is -0.137. The summed E-state index contributed by atoms with van der Waals surface area (Å²) in [4.78, 5) is 34.9. The van der Waals surface area contributed by atoms with Crippen molar-refractivity contribution >= 4 is 17.8 Å². The first kappa shape index (κ1) is 20.2. The lowest BCUT2D eigenvalue weighted by atomic mass is 9.86. The Balaban J connectivity index is 2.22. The van der Waals surface area contributed by atoms with Crippen LogP contribution < -0.4 is 11.1 Å². The van der Waals surface area contributed by atoms with Gasteiger partial charge >= 0.3 is 5.97 Å². The summed E-state index contributed by atoms with van der Waals surface area (Å²) in [7, 11) is 0. The van der Waals surface area contributed by atoms with E-state index in [0.29, 0.717) is 16.7 Å². The molecular weight excluding hydrogens is 344 g/mol. The Bertz CT molecular complexity index is 834. The van der Waals surface area contributed by atoms with E-state index in [2.05, 4.69) is 26.1 Å². The SMILES string of the molecule is CC(C)(C)c1ccc(C(CC(=O)O)NC(=O)c2ccc(C(N)=O)cc2)cc1. The zero-order chi connectivity index (χ0) is 20.2. The van der Waals surface area contributed by atoms with E-state index in [4.69, 9.17) is 5.73 Å². The van der Waals surface area contributed by atoms with Crippen molar-refractivity contribution in [2.75, 3.05) is 0 Å². The van der Waals surface area contributed by atoms with Gasteiger partial charge in [-0.2, -0.15) is 0 Å². The van der Waals surface area contributed by atoms with Gasteiger partial charge in [-0.3, -0.25) is 14.4 Å². The molecule has 2 aromatic carbocycles. The number of benzene rings is 2. The van der Waals surface area contributed by atoms with Gasteiger partial charge in [0.25, 0.3) is 5.91 Å². The topological polar surface area (TPSA) is 109 Å². The van der Waals surface area contributed by atoms with E-state index in [1.807, 2.05) is 24.3 Å². The number of rotatable bonds is 6. The quantitative estimate of drug-likeness (QED) is 0.728. The van der Waals surface area contributed by atoms with E-state index < -0.39 is 23.8 Å². The van der Waals surface area contributed by atoms with Gasteiger partial charge in [-0.25, -0.2) is 0 Å². The van der Waals surface area contributed by atoms with Gasteiger partial charge in [-0.05, 0) is 40.8 Å². The van der Waals surface area contributed by atoms with E-state index in [1.165, 1.54) is 24.3 Å². The van der Waals surface area contributed by atoms with Crippen LogP contribution in [0.4, 0.5) is 0 Å². The Morgan fingerprint density at radius 2 is 1.48 bits per heavy atom. The number of aliphatic carboxylic acids is 1. The molecule has 0 fully saturated rings. The van der Waals surface area contributed by atoms with E-state index in [0.717, 1.165) is 5.56 Å². The highest BCUT2D eigenvalue weighted by Crippen LogP contribution is 2.25. The molecule has 0 saturated heterocycles. The molecule has 1 unspecified atom stereocenters. The molecule has 2 amide bonds. The van der Waals surface area contributed by atoms with Crippen LogP contribution in [-0.2, 0) is 10.2 Å². The predicted molar refractivity (Wildman–Crippen MR) is 103 cm³/mol. The second-order valence-corrected chi connectivity index (χ2v) is 7.44. The highest BCUT2D eigenvalue weighted by molar-refractivity contribution is 5.97. The molecule has 0 radical (unpaired) electrons. The maximum Gasteiger partial charge on any atom is 0.305 e. The molecule has 142 valence electrons. The molecule has 27 heavy (non-hydrogen) atoms. The van der Waals surface area contributed by atoms with Crippen LogP contribution in [0.15, 0.2) is 48.5 Å². The van der Waals surface area contributed by atoms with Crippen molar-refractivity contribution < 1.29 is 19.5 Å². The van der Waals surface area contributed by atoms with Crippen molar-refractivity contribution in [2.24, 2.45) is 5.73 Å². The Kier molecular flexibility index (Phi) is 6.00. The molecule has 0 heterocycles. The maximum atomic E-state index is 12.5. The first-order chi connectivity index (χ1) is 12.6. The van der Waals surface area contributed by atoms with Crippen LogP contribution in [0, 0.1) is 0 Å². The van der Waals surface area contributed by atoms with E-state index >= 15 is 0 Å². The number of primary amides is 1. The summed E-state index contributed by atoms with van der Waals surface area (Å²) in [5.41, 5.74) is 7.62. The molecule has 6 nitrogen and oxygen atoms in total. The Morgan fingerprint density at radius 3 is 1.93 bits per heavy atom. The predicted octanol–water partition coefficient (Wildman–Crippen LogP) is 3.03.